The summed E-state index contributed by atoms with van der Waals surface area (Å²) in [5.41, 5.74) is 6.01. The minimum atomic E-state index is -1.37. The molecule has 3 N–H and O–H groups in total. The van der Waals surface area contributed by atoms with Crippen LogP contribution >= 0.6 is 0 Å². The summed E-state index contributed by atoms with van der Waals surface area (Å²) in [6.45, 7) is 7.49. The number of carbonyl (C=O) groups is 2. The molecule has 1 aromatic rings. The number of hydrogen-bond donors (Lipinski definition) is 2. The predicted molar refractivity (Wildman–Crippen MR) is 88.8 cm³/mol. The van der Waals surface area contributed by atoms with Crippen molar-refractivity contribution in [3.05, 3.63) is 35.4 Å². The molecule has 122 valence electrons. The first-order valence-electron chi connectivity index (χ1n) is 7.24. The predicted octanol–water partition coefficient (Wildman–Crippen LogP) is 1.73. The maximum Gasteiger partial charge on any atom is 0.248 e. The topological polar surface area (TPSA) is 89.3 Å². The highest BCUT2D eigenvalue weighted by Gasteiger charge is 2.25. The van der Waals surface area contributed by atoms with Gasteiger partial charge in [0.1, 0.15) is 5.25 Å². The lowest BCUT2D eigenvalue weighted by Crippen LogP contribution is -2.47. The van der Waals surface area contributed by atoms with Crippen LogP contribution in [0.1, 0.15) is 50.0 Å². The summed E-state index contributed by atoms with van der Waals surface area (Å²) in [4.78, 5) is 23.3. The Kier molecular flexibility index (Phi) is 6.29. The Hall–Kier alpha value is -1.69. The van der Waals surface area contributed by atoms with Gasteiger partial charge in [0.25, 0.3) is 0 Å². The van der Waals surface area contributed by atoms with Crippen LogP contribution in [0.25, 0.3) is 0 Å². The number of hydrogen-bond acceptors (Lipinski definition) is 3. The molecule has 5 nitrogen and oxygen atoms in total. The van der Waals surface area contributed by atoms with Crippen LogP contribution in [-0.4, -0.2) is 26.8 Å². The summed E-state index contributed by atoms with van der Waals surface area (Å²) in [6.07, 6.45) is 0.790. The molecule has 2 amide bonds. The van der Waals surface area contributed by atoms with Crippen LogP contribution in [0.4, 0.5) is 0 Å². The molecule has 0 unspecified atom stereocenters. The monoisotopic (exact) mass is 324 g/mol. The van der Waals surface area contributed by atoms with Crippen LogP contribution in [0.2, 0.25) is 0 Å². The Balaban J connectivity index is 2.74. The lowest BCUT2D eigenvalue weighted by molar-refractivity contribution is -0.121. The molecule has 0 aliphatic heterocycles. The third-order valence-electron chi connectivity index (χ3n) is 3.63. The molecule has 0 aliphatic carbocycles. The second-order valence-electron chi connectivity index (χ2n) is 5.96. The average Bonchev–Trinajstić information content (AvgIpc) is 2.46. The molecule has 0 aromatic heterocycles. The van der Waals surface area contributed by atoms with Gasteiger partial charge < -0.3 is 11.1 Å². The van der Waals surface area contributed by atoms with E-state index < -0.39 is 22.0 Å². The van der Waals surface area contributed by atoms with Crippen molar-refractivity contribution in [2.75, 3.05) is 0 Å². The number of primary amides is 1. The summed E-state index contributed by atoms with van der Waals surface area (Å²) in [5.74, 6) is -0.540. The van der Waals surface area contributed by atoms with E-state index in [0.717, 1.165) is 12.0 Å². The van der Waals surface area contributed by atoms with Crippen molar-refractivity contribution in [1.29, 1.82) is 0 Å². The quantitative estimate of drug-likeness (QED) is 0.800. The van der Waals surface area contributed by atoms with Crippen molar-refractivity contribution in [3.63, 3.8) is 0 Å². The van der Waals surface area contributed by atoms with Gasteiger partial charge in [0.15, 0.2) is 0 Å². The molecular weight excluding hydrogens is 300 g/mol. The molecule has 1 rings (SSSR count). The summed E-state index contributed by atoms with van der Waals surface area (Å²) in [5, 5.41) is 2.27. The molecule has 22 heavy (non-hydrogen) atoms. The molecule has 0 aliphatic rings. The standard InChI is InChI=1S/C16H24N2O3S/c1-5-16(3,4)18-15(20)11(2)22(21)10-12-7-6-8-13(9-12)14(17)19/h6-9,11H,5,10H2,1-4H3,(H2,17,19)(H,18,20)/t11-,22+/m0/s1. The van der Waals surface area contributed by atoms with Gasteiger partial charge in [0.05, 0.1) is 0 Å². The zero-order chi connectivity index (χ0) is 16.9. The summed E-state index contributed by atoms with van der Waals surface area (Å²) >= 11 is 0. The molecule has 0 spiro atoms. The normalized spacial score (nSPS) is 14.2. The molecule has 0 fully saturated rings. The van der Waals surface area contributed by atoms with E-state index in [1.807, 2.05) is 20.8 Å². The van der Waals surface area contributed by atoms with Gasteiger partial charge in [-0.15, -0.1) is 0 Å². The SMILES string of the molecule is CCC(C)(C)NC(=O)[C@H](C)[S@](=O)Cc1cccc(C(N)=O)c1. The lowest BCUT2D eigenvalue weighted by atomic mass is 10.0. The zero-order valence-electron chi connectivity index (χ0n) is 13.5. The first-order valence-corrected chi connectivity index (χ1v) is 8.62. The van der Waals surface area contributed by atoms with Gasteiger partial charge in [-0.3, -0.25) is 13.8 Å². The van der Waals surface area contributed by atoms with E-state index in [-0.39, 0.29) is 17.2 Å². The fourth-order valence-corrected chi connectivity index (χ4v) is 2.80. The summed E-state index contributed by atoms with van der Waals surface area (Å²) in [6, 6.07) is 6.68. The third kappa shape index (κ3) is 5.26. The van der Waals surface area contributed by atoms with E-state index in [2.05, 4.69) is 5.32 Å². The van der Waals surface area contributed by atoms with E-state index in [1.54, 1.807) is 31.2 Å². The first-order chi connectivity index (χ1) is 10.2. The minimum absolute atomic E-state index is 0.211. The van der Waals surface area contributed by atoms with Gasteiger partial charge in [-0.1, -0.05) is 19.1 Å². The minimum Gasteiger partial charge on any atom is -0.366 e. The van der Waals surface area contributed by atoms with E-state index in [1.165, 1.54) is 0 Å². The van der Waals surface area contributed by atoms with Crippen molar-refractivity contribution in [1.82, 2.24) is 5.32 Å². The number of nitrogens with two attached hydrogens (primary N) is 1. The summed E-state index contributed by atoms with van der Waals surface area (Å²) < 4.78 is 12.3. The molecule has 0 saturated carbocycles. The highest BCUT2D eigenvalue weighted by molar-refractivity contribution is 7.85. The Morgan fingerprint density at radius 3 is 2.55 bits per heavy atom. The first kappa shape index (κ1) is 18.4. The van der Waals surface area contributed by atoms with E-state index in [0.29, 0.717) is 5.56 Å². The zero-order valence-corrected chi connectivity index (χ0v) is 14.3. The fourth-order valence-electron chi connectivity index (χ4n) is 1.75. The van der Waals surface area contributed by atoms with Crippen LogP contribution in [0.5, 0.6) is 0 Å². The molecule has 0 radical (unpaired) electrons. The third-order valence-corrected chi connectivity index (χ3v) is 5.25. The van der Waals surface area contributed by atoms with Crippen molar-refractivity contribution in [3.8, 4) is 0 Å². The number of benzene rings is 1. The molecule has 1 aromatic carbocycles. The highest BCUT2D eigenvalue weighted by atomic mass is 32.2. The maximum atomic E-state index is 12.3. The Morgan fingerprint density at radius 2 is 2.00 bits per heavy atom. The Labute approximate surface area is 134 Å². The van der Waals surface area contributed by atoms with Crippen molar-refractivity contribution >= 4 is 22.6 Å². The van der Waals surface area contributed by atoms with E-state index in [9.17, 15) is 13.8 Å². The van der Waals surface area contributed by atoms with Gasteiger partial charge in [-0.2, -0.15) is 0 Å². The molecule has 2 atom stereocenters. The van der Waals surface area contributed by atoms with Crippen molar-refractivity contribution in [2.24, 2.45) is 5.73 Å². The van der Waals surface area contributed by atoms with Gasteiger partial charge in [0, 0.05) is 27.7 Å². The second kappa shape index (κ2) is 7.54. The molecule has 0 heterocycles. The van der Waals surface area contributed by atoms with Gasteiger partial charge in [-0.05, 0) is 44.9 Å². The van der Waals surface area contributed by atoms with Crippen molar-refractivity contribution < 1.29 is 13.8 Å². The van der Waals surface area contributed by atoms with Gasteiger partial charge in [0.2, 0.25) is 11.8 Å². The smallest absolute Gasteiger partial charge is 0.248 e. The van der Waals surface area contributed by atoms with Crippen LogP contribution in [-0.2, 0) is 21.3 Å². The molecule has 0 saturated heterocycles. The van der Waals surface area contributed by atoms with Gasteiger partial charge >= 0.3 is 0 Å². The Morgan fingerprint density at radius 1 is 1.36 bits per heavy atom. The van der Waals surface area contributed by atoms with E-state index in [4.69, 9.17) is 5.73 Å². The van der Waals surface area contributed by atoms with Crippen LogP contribution < -0.4 is 11.1 Å². The maximum absolute atomic E-state index is 12.3. The number of amides is 2. The van der Waals surface area contributed by atoms with Crippen LogP contribution in [0.15, 0.2) is 24.3 Å². The van der Waals surface area contributed by atoms with E-state index >= 15 is 0 Å². The Bertz CT molecular complexity index is 585. The van der Waals surface area contributed by atoms with Gasteiger partial charge in [-0.25, -0.2) is 0 Å². The lowest BCUT2D eigenvalue weighted by Gasteiger charge is -2.26. The van der Waals surface area contributed by atoms with Crippen molar-refractivity contribution in [2.45, 2.75) is 50.7 Å². The number of carbonyl (C=O) groups excluding carboxylic acids is 2. The molecule has 6 heteroatoms. The largest absolute Gasteiger partial charge is 0.366 e. The highest BCUT2D eigenvalue weighted by Crippen LogP contribution is 2.12. The fraction of sp³-hybridized carbons (Fsp3) is 0.500. The number of nitrogens with one attached hydrogen (secondary N) is 1. The average molecular weight is 324 g/mol. The van der Waals surface area contributed by atoms with Crippen LogP contribution in [0.3, 0.4) is 0 Å². The summed E-state index contributed by atoms with van der Waals surface area (Å²) in [7, 11) is -1.37. The second-order valence-corrected chi connectivity index (χ2v) is 7.72. The van der Waals surface area contributed by atoms with Crippen LogP contribution in [0, 0.1) is 0 Å². The molecular formula is C16H24N2O3S. The number of rotatable bonds is 7. The molecule has 0 bridgehead atoms.